The van der Waals surface area contributed by atoms with E-state index in [4.69, 9.17) is 16.3 Å². The first-order chi connectivity index (χ1) is 11.4. The van der Waals surface area contributed by atoms with E-state index >= 15 is 0 Å². The molecule has 1 amide bonds. The van der Waals surface area contributed by atoms with Crippen LogP contribution in [-0.4, -0.2) is 18.8 Å². The van der Waals surface area contributed by atoms with Gasteiger partial charge in [0, 0.05) is 23.6 Å². The highest BCUT2D eigenvalue weighted by atomic mass is 35.5. The Labute approximate surface area is 146 Å². The average molecular weight is 346 g/mol. The van der Waals surface area contributed by atoms with Gasteiger partial charge in [0.2, 0.25) is 5.91 Å². The summed E-state index contributed by atoms with van der Waals surface area (Å²) in [7, 11) is 1.49. The van der Waals surface area contributed by atoms with Crippen LogP contribution in [0.15, 0.2) is 36.4 Å². The number of Topliss-reactive ketones (excluding diaryl/α,β-unsaturated/α-hetero) is 1. The molecule has 24 heavy (non-hydrogen) atoms. The summed E-state index contributed by atoms with van der Waals surface area (Å²) >= 11 is 5.93. The smallest absolute Gasteiger partial charge is 0.224 e. The predicted octanol–water partition coefficient (Wildman–Crippen LogP) is 4.57. The summed E-state index contributed by atoms with van der Waals surface area (Å²) in [5, 5.41) is 3.27. The van der Waals surface area contributed by atoms with Crippen LogP contribution in [0.25, 0.3) is 0 Å². The van der Waals surface area contributed by atoms with Crippen molar-refractivity contribution in [1.29, 1.82) is 0 Å². The number of ketones is 1. The Balaban J connectivity index is 1.97. The highest BCUT2D eigenvalue weighted by Crippen LogP contribution is 2.24. The molecule has 0 spiro atoms. The second-order valence-corrected chi connectivity index (χ2v) is 6.05. The van der Waals surface area contributed by atoms with E-state index in [1.807, 2.05) is 32.0 Å². The number of amides is 1. The maximum atomic E-state index is 12.3. The molecular weight excluding hydrogens is 326 g/mol. The third-order valence-electron chi connectivity index (χ3n) is 3.83. The average Bonchev–Trinajstić information content (AvgIpc) is 2.56. The number of halogens is 1. The molecule has 0 saturated heterocycles. The third-order valence-corrected chi connectivity index (χ3v) is 4.07. The first-order valence-electron chi connectivity index (χ1n) is 7.64. The molecule has 2 rings (SSSR count). The van der Waals surface area contributed by atoms with Gasteiger partial charge in [-0.3, -0.25) is 9.59 Å². The van der Waals surface area contributed by atoms with Crippen LogP contribution in [0.3, 0.4) is 0 Å². The number of aryl methyl sites for hydroxylation is 2. The molecule has 4 nitrogen and oxygen atoms in total. The van der Waals surface area contributed by atoms with Crippen LogP contribution in [0.5, 0.6) is 5.75 Å². The number of rotatable bonds is 6. The van der Waals surface area contributed by atoms with Crippen molar-refractivity contribution in [2.75, 3.05) is 12.4 Å². The lowest BCUT2D eigenvalue weighted by Gasteiger charge is -2.09. The Morgan fingerprint density at radius 1 is 1.04 bits per heavy atom. The van der Waals surface area contributed by atoms with Crippen molar-refractivity contribution in [3.05, 3.63) is 58.1 Å². The first-order valence-corrected chi connectivity index (χ1v) is 8.02. The maximum Gasteiger partial charge on any atom is 0.224 e. The Bertz CT molecular complexity index is 771. The predicted molar refractivity (Wildman–Crippen MR) is 96.1 cm³/mol. The summed E-state index contributed by atoms with van der Waals surface area (Å²) in [4.78, 5) is 24.4. The van der Waals surface area contributed by atoms with Crippen molar-refractivity contribution in [2.24, 2.45) is 0 Å². The monoisotopic (exact) mass is 345 g/mol. The Morgan fingerprint density at radius 3 is 2.46 bits per heavy atom. The van der Waals surface area contributed by atoms with E-state index in [0.29, 0.717) is 16.3 Å². The molecule has 126 valence electrons. The molecule has 0 aliphatic heterocycles. The van der Waals surface area contributed by atoms with Crippen molar-refractivity contribution in [3.8, 4) is 5.75 Å². The zero-order chi connectivity index (χ0) is 17.7. The van der Waals surface area contributed by atoms with Crippen LogP contribution < -0.4 is 10.1 Å². The number of hydrogen-bond acceptors (Lipinski definition) is 3. The highest BCUT2D eigenvalue weighted by molar-refractivity contribution is 6.31. The summed E-state index contributed by atoms with van der Waals surface area (Å²) in [6.45, 7) is 4.00. The molecule has 0 atom stereocenters. The van der Waals surface area contributed by atoms with Crippen molar-refractivity contribution < 1.29 is 14.3 Å². The van der Waals surface area contributed by atoms with Crippen LogP contribution in [0.2, 0.25) is 5.02 Å². The summed E-state index contributed by atoms with van der Waals surface area (Å²) in [5.41, 5.74) is 3.39. The molecule has 2 aromatic carbocycles. The maximum absolute atomic E-state index is 12.3. The van der Waals surface area contributed by atoms with Gasteiger partial charge in [0.05, 0.1) is 12.7 Å². The molecule has 2 aromatic rings. The van der Waals surface area contributed by atoms with Gasteiger partial charge in [-0.15, -0.1) is 0 Å². The number of anilines is 1. The summed E-state index contributed by atoms with van der Waals surface area (Å²) in [5.74, 6) is 0.0798. The van der Waals surface area contributed by atoms with Crippen molar-refractivity contribution in [1.82, 2.24) is 0 Å². The van der Waals surface area contributed by atoms with Crippen LogP contribution in [0, 0.1) is 13.8 Å². The van der Waals surface area contributed by atoms with Gasteiger partial charge in [-0.1, -0.05) is 17.7 Å². The van der Waals surface area contributed by atoms with Crippen LogP contribution >= 0.6 is 11.6 Å². The Kier molecular flexibility index (Phi) is 5.99. The quantitative estimate of drug-likeness (QED) is 0.780. The van der Waals surface area contributed by atoms with E-state index < -0.39 is 0 Å². The molecular formula is C19H20ClNO3. The summed E-state index contributed by atoms with van der Waals surface area (Å²) in [6.07, 6.45) is 0.189. The van der Waals surface area contributed by atoms with Gasteiger partial charge in [0.25, 0.3) is 0 Å². The van der Waals surface area contributed by atoms with Gasteiger partial charge in [0.1, 0.15) is 5.75 Å². The molecule has 0 heterocycles. The topological polar surface area (TPSA) is 55.4 Å². The van der Waals surface area contributed by atoms with E-state index in [2.05, 4.69) is 5.32 Å². The number of carbonyl (C=O) groups is 2. The largest absolute Gasteiger partial charge is 0.496 e. The molecule has 0 aliphatic carbocycles. The van der Waals surface area contributed by atoms with Gasteiger partial charge in [-0.05, 0) is 55.3 Å². The normalized spacial score (nSPS) is 10.3. The van der Waals surface area contributed by atoms with E-state index in [0.717, 1.165) is 16.8 Å². The zero-order valence-electron chi connectivity index (χ0n) is 14.0. The van der Waals surface area contributed by atoms with Crippen LogP contribution in [-0.2, 0) is 4.79 Å². The molecule has 0 radical (unpaired) electrons. The van der Waals surface area contributed by atoms with Gasteiger partial charge in [-0.25, -0.2) is 0 Å². The fraction of sp³-hybridized carbons (Fsp3) is 0.263. The minimum absolute atomic E-state index is 0.0907. The summed E-state index contributed by atoms with van der Waals surface area (Å²) in [6, 6.07) is 10.6. The molecule has 1 N–H and O–H groups in total. The highest BCUT2D eigenvalue weighted by Gasteiger charge is 2.15. The standard InChI is InChI=1S/C19H20ClNO3/c1-12-4-6-15(10-13(12)2)21-19(23)9-7-17(22)16-11-14(20)5-8-18(16)24-3/h4-6,8,10-11H,7,9H2,1-3H3,(H,21,23). The van der Waals surface area contributed by atoms with E-state index in [9.17, 15) is 9.59 Å². The minimum Gasteiger partial charge on any atom is -0.496 e. The lowest BCUT2D eigenvalue weighted by atomic mass is 10.0. The minimum atomic E-state index is -0.201. The zero-order valence-corrected chi connectivity index (χ0v) is 14.7. The lowest BCUT2D eigenvalue weighted by molar-refractivity contribution is -0.116. The molecule has 0 saturated carbocycles. The van der Waals surface area contributed by atoms with E-state index in [1.54, 1.807) is 18.2 Å². The second-order valence-electron chi connectivity index (χ2n) is 5.61. The van der Waals surface area contributed by atoms with Crippen molar-refractivity contribution in [3.63, 3.8) is 0 Å². The van der Waals surface area contributed by atoms with Crippen molar-refractivity contribution in [2.45, 2.75) is 26.7 Å². The van der Waals surface area contributed by atoms with E-state index in [1.165, 1.54) is 7.11 Å². The van der Waals surface area contributed by atoms with Crippen molar-refractivity contribution >= 4 is 29.0 Å². The number of ether oxygens (including phenoxy) is 1. The Hall–Kier alpha value is -2.33. The SMILES string of the molecule is COc1ccc(Cl)cc1C(=O)CCC(=O)Nc1ccc(C)c(C)c1. The van der Waals surface area contributed by atoms with Gasteiger partial charge in [0.15, 0.2) is 5.78 Å². The number of hydrogen-bond donors (Lipinski definition) is 1. The number of nitrogens with one attached hydrogen (secondary N) is 1. The summed E-state index contributed by atoms with van der Waals surface area (Å²) < 4.78 is 5.17. The molecule has 5 heteroatoms. The van der Waals surface area contributed by atoms with E-state index in [-0.39, 0.29) is 24.5 Å². The third kappa shape index (κ3) is 4.59. The lowest BCUT2D eigenvalue weighted by Crippen LogP contribution is -2.14. The molecule has 0 fully saturated rings. The number of methoxy groups -OCH3 is 1. The molecule has 0 aliphatic rings. The number of benzene rings is 2. The Morgan fingerprint density at radius 2 is 1.79 bits per heavy atom. The fourth-order valence-electron chi connectivity index (χ4n) is 2.30. The van der Waals surface area contributed by atoms with Crippen LogP contribution in [0.1, 0.15) is 34.3 Å². The number of carbonyl (C=O) groups excluding carboxylic acids is 2. The van der Waals surface area contributed by atoms with Gasteiger partial charge < -0.3 is 10.1 Å². The molecule has 0 bridgehead atoms. The van der Waals surface area contributed by atoms with Gasteiger partial charge in [-0.2, -0.15) is 0 Å². The molecule has 0 aromatic heterocycles. The first kappa shape index (κ1) is 18.0. The fourth-order valence-corrected chi connectivity index (χ4v) is 2.47. The second kappa shape index (κ2) is 7.97. The van der Waals surface area contributed by atoms with Gasteiger partial charge >= 0.3 is 0 Å². The van der Waals surface area contributed by atoms with Crippen LogP contribution in [0.4, 0.5) is 5.69 Å². The molecule has 0 unspecified atom stereocenters.